The second-order valence-electron chi connectivity index (χ2n) is 7.78. The van der Waals surface area contributed by atoms with Crippen LogP contribution >= 0.6 is 11.3 Å². The Morgan fingerprint density at radius 2 is 1.84 bits per heavy atom. The van der Waals surface area contributed by atoms with Crippen molar-refractivity contribution in [2.45, 2.75) is 44.4 Å². The first-order valence-corrected chi connectivity index (χ1v) is 13.2. The molecule has 3 aromatic rings. The third-order valence-corrected chi connectivity index (χ3v) is 8.70. The second-order valence-corrected chi connectivity index (χ2v) is 10.8. The lowest BCUT2D eigenvalue weighted by Gasteiger charge is -2.20. The van der Waals surface area contributed by atoms with E-state index in [-0.39, 0.29) is 10.8 Å². The number of fused-ring (bicyclic) bond motifs is 3. The van der Waals surface area contributed by atoms with Crippen molar-refractivity contribution in [1.29, 1.82) is 0 Å². The molecule has 1 aliphatic rings. The summed E-state index contributed by atoms with van der Waals surface area (Å²) in [6.07, 6.45) is 3.63. The SMILES string of the molecule is CCCCN(CC)S(=O)(=O)c1ccc(C(=O)Nc2nc3c(s2)CCc2ccccc2-3)cc1. The average molecular weight is 470 g/mol. The molecule has 0 saturated carbocycles. The van der Waals surface area contributed by atoms with Crippen molar-refractivity contribution < 1.29 is 13.2 Å². The van der Waals surface area contributed by atoms with Crippen molar-refractivity contribution >= 4 is 32.4 Å². The van der Waals surface area contributed by atoms with Gasteiger partial charge in [0.2, 0.25) is 10.0 Å². The zero-order valence-corrected chi connectivity index (χ0v) is 19.9. The monoisotopic (exact) mass is 469 g/mol. The molecule has 2 aromatic carbocycles. The summed E-state index contributed by atoms with van der Waals surface area (Å²) in [6, 6.07) is 14.3. The van der Waals surface area contributed by atoms with Crippen LogP contribution in [0.1, 0.15) is 47.5 Å². The molecule has 0 aliphatic heterocycles. The summed E-state index contributed by atoms with van der Waals surface area (Å²) in [5.41, 5.74) is 3.75. The Labute approximate surface area is 193 Å². The minimum atomic E-state index is -3.56. The number of hydrogen-bond acceptors (Lipinski definition) is 5. The fourth-order valence-electron chi connectivity index (χ4n) is 3.88. The summed E-state index contributed by atoms with van der Waals surface area (Å²) in [5, 5.41) is 3.44. The highest BCUT2D eigenvalue weighted by molar-refractivity contribution is 7.89. The van der Waals surface area contributed by atoms with Crippen molar-refractivity contribution in [3.05, 3.63) is 64.5 Å². The second kappa shape index (κ2) is 9.52. The largest absolute Gasteiger partial charge is 0.298 e. The predicted molar refractivity (Wildman–Crippen MR) is 129 cm³/mol. The number of carbonyl (C=O) groups excluding carboxylic acids is 1. The molecule has 8 heteroatoms. The summed E-state index contributed by atoms with van der Waals surface area (Å²) in [5.74, 6) is -0.299. The lowest BCUT2D eigenvalue weighted by Crippen LogP contribution is -2.31. The van der Waals surface area contributed by atoms with Gasteiger partial charge in [-0.1, -0.05) is 44.5 Å². The molecular weight excluding hydrogens is 442 g/mol. The molecule has 0 radical (unpaired) electrons. The topological polar surface area (TPSA) is 79.4 Å². The number of unbranched alkanes of at least 4 members (excludes halogenated alkanes) is 1. The Morgan fingerprint density at radius 1 is 1.09 bits per heavy atom. The van der Waals surface area contributed by atoms with Gasteiger partial charge < -0.3 is 0 Å². The van der Waals surface area contributed by atoms with Gasteiger partial charge in [-0.25, -0.2) is 13.4 Å². The molecule has 1 amide bonds. The first-order chi connectivity index (χ1) is 15.4. The van der Waals surface area contributed by atoms with Crippen LogP contribution < -0.4 is 5.32 Å². The number of carbonyl (C=O) groups is 1. The summed E-state index contributed by atoms with van der Waals surface area (Å²) in [7, 11) is -3.56. The van der Waals surface area contributed by atoms with Crippen molar-refractivity contribution in [3.63, 3.8) is 0 Å². The van der Waals surface area contributed by atoms with E-state index in [0.717, 1.165) is 36.9 Å². The van der Waals surface area contributed by atoms with Gasteiger partial charge >= 0.3 is 0 Å². The molecule has 32 heavy (non-hydrogen) atoms. The number of hydrogen-bond donors (Lipinski definition) is 1. The van der Waals surface area contributed by atoms with Gasteiger partial charge in [-0.15, -0.1) is 11.3 Å². The minimum Gasteiger partial charge on any atom is -0.298 e. The van der Waals surface area contributed by atoms with Gasteiger partial charge in [-0.05, 0) is 49.1 Å². The van der Waals surface area contributed by atoms with E-state index in [1.807, 2.05) is 26.0 Å². The number of thiazole rings is 1. The molecule has 1 aromatic heterocycles. The van der Waals surface area contributed by atoms with Crippen LogP contribution in [0.2, 0.25) is 0 Å². The van der Waals surface area contributed by atoms with E-state index in [0.29, 0.717) is 23.8 Å². The van der Waals surface area contributed by atoms with Gasteiger partial charge in [0.05, 0.1) is 10.6 Å². The first kappa shape index (κ1) is 22.6. The molecule has 0 saturated heterocycles. The Bertz CT molecular complexity index is 1220. The predicted octanol–water partition coefficient (Wildman–Crippen LogP) is 4.97. The van der Waals surface area contributed by atoms with Crippen molar-refractivity contribution in [3.8, 4) is 11.3 Å². The normalized spacial score (nSPS) is 13.0. The van der Waals surface area contributed by atoms with E-state index in [9.17, 15) is 13.2 Å². The fraction of sp³-hybridized carbons (Fsp3) is 0.333. The van der Waals surface area contributed by atoms with Crippen molar-refractivity contribution in [1.82, 2.24) is 9.29 Å². The van der Waals surface area contributed by atoms with Gasteiger partial charge in [-0.2, -0.15) is 4.31 Å². The Balaban J connectivity index is 1.49. The Hall–Kier alpha value is -2.55. The summed E-state index contributed by atoms with van der Waals surface area (Å²) >= 11 is 1.50. The third-order valence-electron chi connectivity index (χ3n) is 5.68. The molecule has 0 spiro atoms. The zero-order valence-electron chi connectivity index (χ0n) is 18.3. The van der Waals surface area contributed by atoms with E-state index in [1.54, 1.807) is 12.1 Å². The Morgan fingerprint density at radius 3 is 2.56 bits per heavy atom. The lowest BCUT2D eigenvalue weighted by molar-refractivity contribution is 0.102. The van der Waals surface area contributed by atoms with Gasteiger partial charge in [-0.3, -0.25) is 10.1 Å². The van der Waals surface area contributed by atoms with Crippen LogP contribution in [0.25, 0.3) is 11.3 Å². The van der Waals surface area contributed by atoms with E-state index in [1.165, 1.54) is 38.2 Å². The van der Waals surface area contributed by atoms with Gasteiger partial charge in [0.1, 0.15) is 0 Å². The van der Waals surface area contributed by atoms with Gasteiger partial charge in [0, 0.05) is 29.1 Å². The van der Waals surface area contributed by atoms with E-state index in [2.05, 4.69) is 22.4 Å². The van der Waals surface area contributed by atoms with E-state index in [4.69, 9.17) is 0 Å². The number of aryl methyl sites for hydroxylation is 2. The molecule has 168 valence electrons. The van der Waals surface area contributed by atoms with E-state index < -0.39 is 10.0 Å². The number of anilines is 1. The van der Waals surface area contributed by atoms with Gasteiger partial charge in [0.25, 0.3) is 5.91 Å². The molecule has 4 rings (SSSR count). The number of amides is 1. The van der Waals surface area contributed by atoms with Crippen LogP contribution in [0.5, 0.6) is 0 Å². The fourth-order valence-corrected chi connectivity index (χ4v) is 6.34. The van der Waals surface area contributed by atoms with Crippen LogP contribution in [0, 0.1) is 0 Å². The number of nitrogens with one attached hydrogen (secondary N) is 1. The number of benzene rings is 2. The smallest absolute Gasteiger partial charge is 0.257 e. The van der Waals surface area contributed by atoms with Crippen molar-refractivity contribution in [2.24, 2.45) is 0 Å². The standard InChI is InChI=1S/C24H27N3O3S2/c1-3-5-16-27(4-2)32(29,30)19-13-10-18(11-14-19)23(28)26-24-25-22-20-9-7-6-8-17(20)12-15-21(22)31-24/h6-11,13-14H,3-5,12,15-16H2,1-2H3,(H,25,26,28). The molecule has 1 heterocycles. The van der Waals surface area contributed by atoms with Crippen LogP contribution in [0.4, 0.5) is 5.13 Å². The van der Waals surface area contributed by atoms with Crippen LogP contribution in [-0.4, -0.2) is 36.7 Å². The molecule has 1 N–H and O–H groups in total. The molecule has 0 unspecified atom stereocenters. The van der Waals surface area contributed by atoms with Crippen LogP contribution in [-0.2, 0) is 22.9 Å². The molecule has 0 atom stereocenters. The number of nitrogens with zero attached hydrogens (tertiary/aromatic N) is 2. The number of sulfonamides is 1. The van der Waals surface area contributed by atoms with Crippen LogP contribution in [0.3, 0.4) is 0 Å². The van der Waals surface area contributed by atoms with Crippen LogP contribution in [0.15, 0.2) is 53.4 Å². The number of rotatable bonds is 8. The molecule has 0 fully saturated rings. The lowest BCUT2D eigenvalue weighted by atomic mass is 9.94. The summed E-state index contributed by atoms with van der Waals surface area (Å²) in [4.78, 5) is 18.8. The maximum Gasteiger partial charge on any atom is 0.257 e. The highest BCUT2D eigenvalue weighted by Crippen LogP contribution is 2.38. The third kappa shape index (κ3) is 4.48. The van der Waals surface area contributed by atoms with Gasteiger partial charge in [0.15, 0.2) is 5.13 Å². The molecule has 0 bridgehead atoms. The zero-order chi connectivity index (χ0) is 22.7. The molecule has 6 nitrogen and oxygen atoms in total. The first-order valence-electron chi connectivity index (χ1n) is 10.9. The highest BCUT2D eigenvalue weighted by atomic mass is 32.2. The minimum absolute atomic E-state index is 0.202. The average Bonchev–Trinajstić information content (AvgIpc) is 3.22. The number of aromatic nitrogens is 1. The molecular formula is C24H27N3O3S2. The summed E-state index contributed by atoms with van der Waals surface area (Å²) < 4.78 is 27.2. The van der Waals surface area contributed by atoms with Crippen molar-refractivity contribution in [2.75, 3.05) is 18.4 Å². The quantitative estimate of drug-likeness (QED) is 0.505. The molecule has 1 aliphatic carbocycles. The summed E-state index contributed by atoms with van der Waals surface area (Å²) in [6.45, 7) is 4.78. The van der Waals surface area contributed by atoms with E-state index >= 15 is 0 Å². The Kier molecular flexibility index (Phi) is 6.74. The maximum absolute atomic E-state index is 12.9. The highest BCUT2D eigenvalue weighted by Gasteiger charge is 2.24. The maximum atomic E-state index is 12.9.